The van der Waals surface area contributed by atoms with Crippen molar-refractivity contribution in [3.63, 3.8) is 0 Å². The molecule has 21 heavy (non-hydrogen) atoms. The van der Waals surface area contributed by atoms with E-state index in [-0.39, 0.29) is 0 Å². The van der Waals surface area contributed by atoms with Crippen LogP contribution >= 0.6 is 11.3 Å². The Morgan fingerprint density at radius 3 is 3.14 bits per heavy atom. The molecule has 2 unspecified atom stereocenters. The lowest BCUT2D eigenvalue weighted by atomic mass is 10.1. The first kappa shape index (κ1) is 16.3. The van der Waals surface area contributed by atoms with Gasteiger partial charge in [-0.3, -0.25) is 4.99 Å². The SMILES string of the molecule is CCNC(=NCC(C)c1cccs1)N1CCC(COC)C1. The van der Waals surface area contributed by atoms with Crippen LogP contribution in [0, 0.1) is 5.92 Å². The average molecular weight is 309 g/mol. The van der Waals surface area contributed by atoms with Gasteiger partial charge in [0.25, 0.3) is 0 Å². The maximum Gasteiger partial charge on any atom is 0.193 e. The lowest BCUT2D eigenvalue weighted by molar-refractivity contribution is 0.157. The molecule has 0 aliphatic carbocycles. The fourth-order valence-electron chi connectivity index (χ4n) is 2.71. The molecule has 5 heteroatoms. The molecule has 0 spiro atoms. The number of rotatable bonds is 6. The number of thiophene rings is 1. The van der Waals surface area contributed by atoms with E-state index >= 15 is 0 Å². The topological polar surface area (TPSA) is 36.9 Å². The van der Waals surface area contributed by atoms with Gasteiger partial charge in [-0.05, 0) is 24.8 Å². The lowest BCUT2D eigenvalue weighted by Gasteiger charge is -2.22. The number of nitrogens with zero attached hydrogens (tertiary/aromatic N) is 2. The van der Waals surface area contributed by atoms with Gasteiger partial charge in [-0.2, -0.15) is 0 Å². The fourth-order valence-corrected chi connectivity index (χ4v) is 3.49. The molecule has 1 aromatic heterocycles. The van der Waals surface area contributed by atoms with E-state index in [1.165, 1.54) is 11.3 Å². The second-order valence-electron chi connectivity index (χ2n) is 5.67. The van der Waals surface area contributed by atoms with E-state index in [9.17, 15) is 0 Å². The zero-order valence-corrected chi connectivity index (χ0v) is 14.2. The predicted molar refractivity (Wildman–Crippen MR) is 90.3 cm³/mol. The molecule has 2 atom stereocenters. The molecule has 2 rings (SSSR count). The Hall–Kier alpha value is -1.07. The maximum atomic E-state index is 5.28. The van der Waals surface area contributed by atoms with Crippen molar-refractivity contribution in [2.75, 3.05) is 39.9 Å². The third kappa shape index (κ3) is 4.71. The minimum Gasteiger partial charge on any atom is -0.384 e. The normalized spacial score (nSPS) is 20.8. The molecule has 0 saturated carbocycles. The minimum absolute atomic E-state index is 0.482. The Bertz CT molecular complexity index is 433. The van der Waals surface area contributed by atoms with Crippen LogP contribution in [0.1, 0.15) is 31.1 Å². The molecule has 0 bridgehead atoms. The van der Waals surface area contributed by atoms with Crippen molar-refractivity contribution in [3.8, 4) is 0 Å². The molecule has 1 fully saturated rings. The highest BCUT2D eigenvalue weighted by atomic mass is 32.1. The largest absolute Gasteiger partial charge is 0.384 e. The maximum absolute atomic E-state index is 5.28. The van der Waals surface area contributed by atoms with Gasteiger partial charge in [0.15, 0.2) is 5.96 Å². The average Bonchev–Trinajstić information content (AvgIpc) is 3.14. The smallest absolute Gasteiger partial charge is 0.193 e. The number of likely N-dealkylation sites (tertiary alicyclic amines) is 1. The number of methoxy groups -OCH3 is 1. The summed E-state index contributed by atoms with van der Waals surface area (Å²) in [6.45, 7) is 9.10. The molecule has 1 aliphatic rings. The summed E-state index contributed by atoms with van der Waals surface area (Å²) < 4.78 is 5.28. The first-order valence-corrected chi connectivity index (χ1v) is 8.68. The molecular weight excluding hydrogens is 282 g/mol. The molecule has 0 radical (unpaired) electrons. The third-order valence-electron chi connectivity index (χ3n) is 3.87. The first-order chi connectivity index (χ1) is 10.2. The van der Waals surface area contributed by atoms with E-state index in [0.29, 0.717) is 11.8 Å². The van der Waals surface area contributed by atoms with Crippen LogP contribution in [-0.2, 0) is 4.74 Å². The number of nitrogens with one attached hydrogen (secondary N) is 1. The molecule has 4 nitrogen and oxygen atoms in total. The van der Waals surface area contributed by atoms with Crippen LogP contribution in [0.3, 0.4) is 0 Å². The van der Waals surface area contributed by atoms with Crippen molar-refractivity contribution in [2.45, 2.75) is 26.2 Å². The number of ether oxygens (including phenoxy) is 1. The Labute approximate surface area is 132 Å². The van der Waals surface area contributed by atoms with Crippen LogP contribution in [0.4, 0.5) is 0 Å². The molecule has 1 aliphatic heterocycles. The monoisotopic (exact) mass is 309 g/mol. The van der Waals surface area contributed by atoms with Gasteiger partial charge in [0, 0.05) is 43.5 Å². The van der Waals surface area contributed by atoms with E-state index in [0.717, 1.165) is 38.7 Å². The van der Waals surface area contributed by atoms with Gasteiger partial charge in [0.1, 0.15) is 0 Å². The molecule has 0 aromatic carbocycles. The van der Waals surface area contributed by atoms with Gasteiger partial charge < -0.3 is 15.0 Å². The number of hydrogen-bond acceptors (Lipinski definition) is 3. The van der Waals surface area contributed by atoms with Gasteiger partial charge >= 0.3 is 0 Å². The zero-order valence-electron chi connectivity index (χ0n) is 13.3. The van der Waals surface area contributed by atoms with E-state index in [1.54, 1.807) is 7.11 Å². The van der Waals surface area contributed by atoms with Gasteiger partial charge in [0.05, 0.1) is 13.2 Å². The fraction of sp³-hybridized carbons (Fsp3) is 0.688. The first-order valence-electron chi connectivity index (χ1n) is 7.80. The van der Waals surface area contributed by atoms with Crippen molar-refractivity contribution in [1.82, 2.24) is 10.2 Å². The minimum atomic E-state index is 0.482. The number of aliphatic imine (C=N–C) groups is 1. The molecule has 1 saturated heterocycles. The lowest BCUT2D eigenvalue weighted by Crippen LogP contribution is -2.40. The quantitative estimate of drug-likeness (QED) is 0.648. The number of hydrogen-bond donors (Lipinski definition) is 1. The van der Waals surface area contributed by atoms with E-state index in [4.69, 9.17) is 9.73 Å². The van der Waals surface area contributed by atoms with Gasteiger partial charge in [0.2, 0.25) is 0 Å². The highest BCUT2D eigenvalue weighted by molar-refractivity contribution is 7.10. The summed E-state index contributed by atoms with van der Waals surface area (Å²) in [6.07, 6.45) is 1.19. The summed E-state index contributed by atoms with van der Waals surface area (Å²) in [5, 5.41) is 5.56. The van der Waals surface area contributed by atoms with Crippen LogP contribution in [0.5, 0.6) is 0 Å². The molecular formula is C16H27N3OS. The highest BCUT2D eigenvalue weighted by Gasteiger charge is 2.24. The highest BCUT2D eigenvalue weighted by Crippen LogP contribution is 2.21. The Morgan fingerprint density at radius 1 is 1.62 bits per heavy atom. The van der Waals surface area contributed by atoms with Crippen molar-refractivity contribution in [2.24, 2.45) is 10.9 Å². The Balaban J connectivity index is 1.93. The van der Waals surface area contributed by atoms with Gasteiger partial charge in [-0.15, -0.1) is 11.3 Å². The van der Waals surface area contributed by atoms with Gasteiger partial charge in [-0.1, -0.05) is 13.0 Å². The molecule has 2 heterocycles. The molecule has 1 N–H and O–H groups in total. The summed E-state index contributed by atoms with van der Waals surface area (Å²) in [5.74, 6) is 2.17. The molecule has 118 valence electrons. The third-order valence-corrected chi connectivity index (χ3v) is 4.97. The van der Waals surface area contributed by atoms with Crippen LogP contribution in [0.2, 0.25) is 0 Å². The summed E-state index contributed by atoms with van der Waals surface area (Å²) >= 11 is 1.82. The van der Waals surface area contributed by atoms with Gasteiger partial charge in [-0.25, -0.2) is 0 Å². The van der Waals surface area contributed by atoms with Crippen LogP contribution in [0.15, 0.2) is 22.5 Å². The second kappa shape index (κ2) is 8.39. The predicted octanol–water partition coefficient (Wildman–Crippen LogP) is 2.79. The summed E-state index contributed by atoms with van der Waals surface area (Å²) in [7, 11) is 1.78. The van der Waals surface area contributed by atoms with Crippen molar-refractivity contribution in [1.29, 1.82) is 0 Å². The summed E-state index contributed by atoms with van der Waals surface area (Å²) in [4.78, 5) is 8.62. The van der Waals surface area contributed by atoms with E-state index in [2.05, 4.69) is 41.6 Å². The summed E-state index contributed by atoms with van der Waals surface area (Å²) in [6, 6.07) is 4.31. The van der Waals surface area contributed by atoms with Crippen molar-refractivity contribution < 1.29 is 4.74 Å². The summed E-state index contributed by atoms with van der Waals surface area (Å²) in [5.41, 5.74) is 0. The van der Waals surface area contributed by atoms with Crippen LogP contribution in [-0.4, -0.2) is 50.8 Å². The van der Waals surface area contributed by atoms with Crippen LogP contribution < -0.4 is 5.32 Å². The number of guanidine groups is 1. The molecule has 0 amide bonds. The second-order valence-corrected chi connectivity index (χ2v) is 6.65. The Morgan fingerprint density at radius 2 is 2.48 bits per heavy atom. The van der Waals surface area contributed by atoms with E-state index in [1.807, 2.05) is 11.3 Å². The zero-order chi connectivity index (χ0) is 15.1. The van der Waals surface area contributed by atoms with Crippen molar-refractivity contribution in [3.05, 3.63) is 22.4 Å². The Kier molecular flexibility index (Phi) is 6.51. The van der Waals surface area contributed by atoms with Crippen LogP contribution in [0.25, 0.3) is 0 Å². The van der Waals surface area contributed by atoms with E-state index < -0.39 is 0 Å². The molecule has 1 aromatic rings. The van der Waals surface area contributed by atoms with Crippen molar-refractivity contribution >= 4 is 17.3 Å². The standard InChI is InChI=1S/C16H27N3OS/c1-4-17-16(19-8-7-14(11-19)12-20-3)18-10-13(2)15-6-5-9-21-15/h5-6,9,13-14H,4,7-8,10-12H2,1-3H3,(H,17,18).